The molecule has 9 heteroatoms. The van der Waals surface area contributed by atoms with Gasteiger partial charge in [0.2, 0.25) is 11.6 Å². The Labute approximate surface area is 184 Å². The Morgan fingerprint density at radius 2 is 1.69 bits per heavy atom. The highest BCUT2D eigenvalue weighted by Crippen LogP contribution is 2.30. The normalized spacial score (nSPS) is 17.9. The summed E-state index contributed by atoms with van der Waals surface area (Å²) in [7, 11) is 0. The fourth-order valence-corrected chi connectivity index (χ4v) is 3.35. The lowest BCUT2D eigenvalue weighted by atomic mass is 10.1. The van der Waals surface area contributed by atoms with Crippen molar-refractivity contribution in [3.8, 4) is 5.75 Å². The first-order chi connectivity index (χ1) is 14.9. The Hall–Kier alpha value is -3.49. The van der Waals surface area contributed by atoms with Gasteiger partial charge in [0.25, 0.3) is 0 Å². The van der Waals surface area contributed by atoms with E-state index in [9.17, 15) is 23.2 Å². The highest BCUT2D eigenvalue weighted by molar-refractivity contribution is 5.94. The molecule has 1 atom stereocenters. The van der Waals surface area contributed by atoms with Crippen LogP contribution in [0.1, 0.15) is 33.3 Å². The fraction of sp³-hybridized carbons (Fsp3) is 0.348. The van der Waals surface area contributed by atoms with Crippen molar-refractivity contribution in [1.82, 2.24) is 5.32 Å². The van der Waals surface area contributed by atoms with Gasteiger partial charge in [-0.15, -0.1) is 0 Å². The number of ether oxygens (including phenoxy) is 2. The van der Waals surface area contributed by atoms with E-state index in [2.05, 4.69) is 5.32 Å². The van der Waals surface area contributed by atoms with Crippen molar-refractivity contribution in [3.05, 3.63) is 59.7 Å². The molecule has 32 heavy (non-hydrogen) atoms. The number of halogens is 2. The first kappa shape index (κ1) is 23.2. The fourth-order valence-electron chi connectivity index (χ4n) is 3.35. The van der Waals surface area contributed by atoms with Gasteiger partial charge in [0.05, 0.1) is 6.42 Å². The largest absolute Gasteiger partial charge is 0.459 e. The molecule has 1 amide bonds. The summed E-state index contributed by atoms with van der Waals surface area (Å²) in [5.74, 6) is -3.53. The lowest BCUT2D eigenvalue weighted by Crippen LogP contribution is -2.67. The zero-order chi connectivity index (χ0) is 23.7. The Bertz CT molecular complexity index is 1030. The predicted octanol–water partition coefficient (Wildman–Crippen LogP) is 3.11. The van der Waals surface area contributed by atoms with Gasteiger partial charge in [0.1, 0.15) is 29.5 Å². The van der Waals surface area contributed by atoms with Crippen LogP contribution in [0.25, 0.3) is 0 Å². The van der Waals surface area contributed by atoms with E-state index in [1.807, 2.05) is 0 Å². The summed E-state index contributed by atoms with van der Waals surface area (Å²) in [5, 5.41) is 2.56. The smallest absolute Gasteiger partial charge is 0.358 e. The number of nitrogens with zero attached hydrogens (tertiary/aromatic N) is 1. The number of amides is 1. The van der Waals surface area contributed by atoms with E-state index in [1.165, 1.54) is 11.8 Å². The van der Waals surface area contributed by atoms with Gasteiger partial charge in [-0.1, -0.05) is 0 Å². The van der Waals surface area contributed by atoms with Crippen LogP contribution in [0, 0.1) is 11.6 Å². The lowest BCUT2D eigenvalue weighted by molar-refractivity contribution is -0.154. The quantitative estimate of drug-likeness (QED) is 0.561. The molecule has 7 nitrogen and oxygen atoms in total. The van der Waals surface area contributed by atoms with Crippen molar-refractivity contribution in [1.29, 1.82) is 0 Å². The van der Waals surface area contributed by atoms with Gasteiger partial charge in [-0.05, 0) is 69.7 Å². The molecule has 0 saturated heterocycles. The van der Waals surface area contributed by atoms with Gasteiger partial charge in [0, 0.05) is 11.8 Å². The van der Waals surface area contributed by atoms with Crippen molar-refractivity contribution in [2.45, 2.75) is 45.4 Å². The van der Waals surface area contributed by atoms with Crippen molar-refractivity contribution < 1.29 is 32.6 Å². The van der Waals surface area contributed by atoms with Gasteiger partial charge in [-0.3, -0.25) is 9.59 Å². The number of nitrogens with one attached hydrogen (secondary N) is 1. The molecule has 2 bridgehead atoms. The number of esters is 2. The summed E-state index contributed by atoms with van der Waals surface area (Å²) in [6.45, 7) is 6.15. The van der Waals surface area contributed by atoms with Crippen LogP contribution in [-0.4, -0.2) is 35.7 Å². The van der Waals surface area contributed by atoms with Crippen LogP contribution in [0.3, 0.4) is 0 Å². The molecular formula is C23H24F2N2O5. The van der Waals surface area contributed by atoms with E-state index >= 15 is 0 Å². The van der Waals surface area contributed by atoms with Crippen molar-refractivity contribution in [2.75, 3.05) is 11.4 Å². The van der Waals surface area contributed by atoms with Crippen LogP contribution >= 0.6 is 0 Å². The molecule has 2 aromatic carbocycles. The zero-order valence-corrected chi connectivity index (χ0v) is 18.2. The summed E-state index contributed by atoms with van der Waals surface area (Å²) >= 11 is 0. The minimum absolute atomic E-state index is 0.0878. The van der Waals surface area contributed by atoms with Gasteiger partial charge >= 0.3 is 11.9 Å². The number of hydrogen-bond acceptors (Lipinski definition) is 6. The summed E-state index contributed by atoms with van der Waals surface area (Å²) in [5.41, 5.74) is -2.00. The van der Waals surface area contributed by atoms with E-state index in [0.29, 0.717) is 11.8 Å². The third kappa shape index (κ3) is 5.40. The van der Waals surface area contributed by atoms with Crippen LogP contribution in [0.5, 0.6) is 5.75 Å². The second-order valence-electron chi connectivity index (χ2n) is 8.63. The minimum Gasteiger partial charge on any atom is -0.459 e. The molecule has 2 aliphatic heterocycles. The SMILES string of the molecule is CC(C)(C)OC(=O)CN1c2ccc(cc2)OC(=O)[C@]1(C)NC(=O)Cc1cc(F)cc(F)c1. The average molecular weight is 446 g/mol. The van der Waals surface area contributed by atoms with Crippen molar-refractivity contribution in [2.24, 2.45) is 0 Å². The van der Waals surface area contributed by atoms with E-state index in [4.69, 9.17) is 9.47 Å². The second kappa shape index (κ2) is 8.57. The van der Waals surface area contributed by atoms with E-state index in [1.54, 1.807) is 45.0 Å². The van der Waals surface area contributed by atoms with Crippen LogP contribution in [-0.2, 0) is 25.5 Å². The standard InChI is InChI=1S/C23H24F2N2O5/c1-22(2,3)32-20(29)13-27-17-5-7-18(8-6-17)31-21(30)23(27,4)26-19(28)11-14-9-15(24)12-16(25)10-14/h5-10,12H,11,13H2,1-4H3,(H,26,28)/t23-/m1/s1. The van der Waals surface area contributed by atoms with E-state index < -0.39 is 47.2 Å². The van der Waals surface area contributed by atoms with Crippen LogP contribution < -0.4 is 15.0 Å². The number of anilines is 1. The van der Waals surface area contributed by atoms with Gasteiger partial charge in [0.15, 0.2) is 0 Å². The average Bonchev–Trinajstić information content (AvgIpc) is 2.63. The topological polar surface area (TPSA) is 84.9 Å². The highest BCUT2D eigenvalue weighted by atomic mass is 19.1. The molecule has 0 fully saturated rings. The van der Waals surface area contributed by atoms with Crippen LogP contribution in [0.4, 0.5) is 14.5 Å². The maximum Gasteiger partial charge on any atom is 0.358 e. The number of carbonyl (C=O) groups is 3. The monoisotopic (exact) mass is 446 g/mol. The number of hydrogen-bond donors (Lipinski definition) is 1. The number of benzene rings is 2. The third-order valence-electron chi connectivity index (χ3n) is 4.67. The maximum atomic E-state index is 13.5. The first-order valence-electron chi connectivity index (χ1n) is 9.93. The molecule has 4 rings (SSSR count). The number of carbonyl (C=O) groups excluding carboxylic acids is 3. The molecule has 0 aliphatic carbocycles. The molecule has 170 valence electrons. The Morgan fingerprint density at radius 1 is 1.09 bits per heavy atom. The lowest BCUT2D eigenvalue weighted by Gasteiger charge is -2.42. The van der Waals surface area contributed by atoms with Gasteiger partial charge in [-0.2, -0.15) is 0 Å². The summed E-state index contributed by atoms with van der Waals surface area (Å²) < 4.78 is 37.7. The maximum absolute atomic E-state index is 13.5. The molecule has 0 spiro atoms. The minimum atomic E-state index is -1.80. The molecule has 0 aromatic heterocycles. The Balaban J connectivity index is 1.90. The Morgan fingerprint density at radius 3 is 2.25 bits per heavy atom. The molecule has 2 heterocycles. The molecule has 0 radical (unpaired) electrons. The summed E-state index contributed by atoms with van der Waals surface area (Å²) in [6, 6.07) is 9.14. The zero-order valence-electron chi connectivity index (χ0n) is 18.2. The molecule has 0 saturated carbocycles. The van der Waals surface area contributed by atoms with Gasteiger partial charge in [-0.25, -0.2) is 13.6 Å². The summed E-state index contributed by atoms with van der Waals surface area (Å²) in [4.78, 5) is 39.7. The van der Waals surface area contributed by atoms with Crippen LogP contribution in [0.2, 0.25) is 0 Å². The molecule has 2 aromatic rings. The van der Waals surface area contributed by atoms with Crippen molar-refractivity contribution >= 4 is 23.5 Å². The third-order valence-corrected chi connectivity index (χ3v) is 4.67. The first-order valence-corrected chi connectivity index (χ1v) is 9.93. The molecular weight excluding hydrogens is 422 g/mol. The van der Waals surface area contributed by atoms with E-state index in [0.717, 1.165) is 12.1 Å². The summed E-state index contributed by atoms with van der Waals surface area (Å²) in [6.07, 6.45) is -0.393. The molecule has 0 unspecified atom stereocenters. The van der Waals surface area contributed by atoms with Crippen LogP contribution in [0.15, 0.2) is 42.5 Å². The number of rotatable bonds is 5. The predicted molar refractivity (Wildman–Crippen MR) is 112 cm³/mol. The highest BCUT2D eigenvalue weighted by Gasteiger charge is 2.45. The Kier molecular flexibility index (Phi) is 6.20. The number of fused-ring (bicyclic) bond motifs is 5. The van der Waals surface area contributed by atoms with Gasteiger partial charge < -0.3 is 19.7 Å². The second-order valence-corrected chi connectivity index (χ2v) is 8.63. The molecule has 2 aliphatic rings. The molecule has 1 N–H and O–H groups in total. The van der Waals surface area contributed by atoms with E-state index in [-0.39, 0.29) is 17.9 Å². The van der Waals surface area contributed by atoms with Crippen molar-refractivity contribution in [3.63, 3.8) is 0 Å².